The third-order valence-electron chi connectivity index (χ3n) is 2.53. The van der Waals surface area contributed by atoms with Gasteiger partial charge in [0.15, 0.2) is 0 Å². The average Bonchev–Trinajstić information content (AvgIpc) is 2.72. The molecule has 2 nitrogen and oxygen atoms in total. The van der Waals surface area contributed by atoms with Crippen molar-refractivity contribution < 1.29 is 9.84 Å². The van der Waals surface area contributed by atoms with Crippen LogP contribution in [0.25, 0.3) is 0 Å². The highest BCUT2D eigenvalue weighted by molar-refractivity contribution is 7.10. The molecular weight excluding hydrogens is 184 g/mol. The van der Waals surface area contributed by atoms with Crippen molar-refractivity contribution >= 4 is 11.3 Å². The molecule has 0 spiro atoms. The quantitative estimate of drug-likeness (QED) is 0.790. The molecule has 0 amide bonds. The van der Waals surface area contributed by atoms with E-state index in [2.05, 4.69) is 0 Å². The first-order valence-corrected chi connectivity index (χ1v) is 5.50. The summed E-state index contributed by atoms with van der Waals surface area (Å²) in [5, 5.41) is 12.0. The second-order valence-corrected chi connectivity index (χ2v) is 4.55. The van der Waals surface area contributed by atoms with Crippen LogP contribution in [0.5, 0.6) is 0 Å². The first-order chi connectivity index (χ1) is 6.29. The maximum atomic E-state index is 9.97. The fourth-order valence-electron chi connectivity index (χ4n) is 1.75. The highest BCUT2D eigenvalue weighted by atomic mass is 32.1. The molecule has 0 aromatic carbocycles. The van der Waals surface area contributed by atoms with Crippen molar-refractivity contribution in [2.45, 2.75) is 32.0 Å². The number of rotatable bonds is 2. The Morgan fingerprint density at radius 3 is 3.08 bits per heavy atom. The fraction of sp³-hybridized carbons (Fsp3) is 0.600. The lowest BCUT2D eigenvalue weighted by molar-refractivity contribution is -0.00264. The molecule has 72 valence electrons. The molecule has 0 bridgehead atoms. The van der Waals surface area contributed by atoms with Crippen molar-refractivity contribution in [3.05, 3.63) is 21.9 Å². The second-order valence-electron chi connectivity index (χ2n) is 3.43. The third-order valence-corrected chi connectivity index (χ3v) is 3.40. The minimum absolute atomic E-state index is 0.0216. The summed E-state index contributed by atoms with van der Waals surface area (Å²) < 4.78 is 5.45. The Hall–Kier alpha value is -0.380. The topological polar surface area (TPSA) is 29.5 Å². The Morgan fingerprint density at radius 1 is 1.69 bits per heavy atom. The Morgan fingerprint density at radius 2 is 2.54 bits per heavy atom. The van der Waals surface area contributed by atoms with Gasteiger partial charge in [0.05, 0.1) is 6.10 Å². The molecule has 13 heavy (non-hydrogen) atoms. The molecule has 0 saturated carbocycles. The first kappa shape index (κ1) is 9.19. The minimum atomic E-state index is -0.422. The molecule has 1 aromatic rings. The summed E-state index contributed by atoms with van der Waals surface area (Å²) >= 11 is 1.68. The van der Waals surface area contributed by atoms with Gasteiger partial charge in [-0.3, -0.25) is 0 Å². The van der Waals surface area contributed by atoms with E-state index in [0.29, 0.717) is 0 Å². The van der Waals surface area contributed by atoms with Gasteiger partial charge in [-0.1, -0.05) is 0 Å². The van der Waals surface area contributed by atoms with E-state index in [9.17, 15) is 5.11 Å². The molecule has 1 N–H and O–H groups in total. The van der Waals surface area contributed by atoms with E-state index >= 15 is 0 Å². The number of hydrogen-bond acceptors (Lipinski definition) is 3. The lowest BCUT2D eigenvalue weighted by Crippen LogP contribution is -2.17. The van der Waals surface area contributed by atoms with Gasteiger partial charge in [0.25, 0.3) is 0 Å². The molecule has 2 unspecified atom stereocenters. The van der Waals surface area contributed by atoms with Gasteiger partial charge in [-0.2, -0.15) is 0 Å². The van der Waals surface area contributed by atoms with E-state index < -0.39 is 6.10 Å². The summed E-state index contributed by atoms with van der Waals surface area (Å²) in [6.45, 7) is 2.84. The molecule has 0 aliphatic carbocycles. The van der Waals surface area contributed by atoms with Crippen LogP contribution in [0.3, 0.4) is 0 Å². The SMILES string of the molecule is Cc1sccc1C(O)C1CCCO1. The maximum Gasteiger partial charge on any atom is 0.106 e. The van der Waals surface area contributed by atoms with E-state index in [1.165, 1.54) is 4.88 Å². The molecule has 1 aromatic heterocycles. The lowest BCUT2D eigenvalue weighted by atomic mass is 10.0. The van der Waals surface area contributed by atoms with Crippen LogP contribution in [0.15, 0.2) is 11.4 Å². The van der Waals surface area contributed by atoms with Gasteiger partial charge in [-0.15, -0.1) is 11.3 Å². The normalized spacial score (nSPS) is 24.9. The number of ether oxygens (including phenoxy) is 1. The zero-order chi connectivity index (χ0) is 9.26. The molecular formula is C10H14O2S. The molecule has 2 atom stereocenters. The Bertz CT molecular complexity index is 276. The van der Waals surface area contributed by atoms with Gasteiger partial charge in [0.2, 0.25) is 0 Å². The van der Waals surface area contributed by atoms with Crippen LogP contribution in [-0.4, -0.2) is 17.8 Å². The molecule has 1 saturated heterocycles. The monoisotopic (exact) mass is 198 g/mol. The third kappa shape index (κ3) is 1.77. The van der Waals surface area contributed by atoms with Crippen LogP contribution >= 0.6 is 11.3 Å². The van der Waals surface area contributed by atoms with Crippen molar-refractivity contribution in [3.8, 4) is 0 Å². The highest BCUT2D eigenvalue weighted by Crippen LogP contribution is 2.30. The van der Waals surface area contributed by atoms with Crippen LogP contribution in [-0.2, 0) is 4.74 Å². The van der Waals surface area contributed by atoms with E-state index in [1.807, 2.05) is 18.4 Å². The van der Waals surface area contributed by atoms with Gasteiger partial charge in [0, 0.05) is 11.5 Å². The summed E-state index contributed by atoms with van der Waals surface area (Å²) in [6, 6.07) is 1.99. The summed E-state index contributed by atoms with van der Waals surface area (Å²) in [4.78, 5) is 1.20. The molecule has 2 heterocycles. The minimum Gasteiger partial charge on any atom is -0.386 e. The molecule has 1 aliphatic rings. The Labute approximate surface area is 82.2 Å². The van der Waals surface area contributed by atoms with Crippen molar-refractivity contribution in [1.82, 2.24) is 0 Å². The molecule has 0 radical (unpaired) electrons. The maximum absolute atomic E-state index is 9.97. The van der Waals surface area contributed by atoms with E-state index in [0.717, 1.165) is 25.0 Å². The fourth-order valence-corrected chi connectivity index (χ4v) is 2.50. The van der Waals surface area contributed by atoms with Crippen LogP contribution < -0.4 is 0 Å². The molecule has 1 fully saturated rings. The predicted molar refractivity (Wildman–Crippen MR) is 53.0 cm³/mol. The zero-order valence-corrected chi connectivity index (χ0v) is 8.51. The largest absolute Gasteiger partial charge is 0.386 e. The van der Waals surface area contributed by atoms with Crippen LogP contribution in [0.1, 0.15) is 29.4 Å². The van der Waals surface area contributed by atoms with Crippen LogP contribution in [0.4, 0.5) is 0 Å². The predicted octanol–water partition coefficient (Wildman–Crippen LogP) is 2.27. The Kier molecular flexibility index (Phi) is 2.67. The Balaban J connectivity index is 2.12. The van der Waals surface area contributed by atoms with Crippen LogP contribution in [0.2, 0.25) is 0 Å². The highest BCUT2D eigenvalue weighted by Gasteiger charge is 2.26. The van der Waals surface area contributed by atoms with Gasteiger partial charge < -0.3 is 9.84 Å². The zero-order valence-electron chi connectivity index (χ0n) is 7.69. The molecule has 3 heteroatoms. The van der Waals surface area contributed by atoms with Gasteiger partial charge in [0.1, 0.15) is 6.10 Å². The van der Waals surface area contributed by atoms with E-state index in [1.54, 1.807) is 11.3 Å². The summed E-state index contributed by atoms with van der Waals surface area (Å²) in [7, 11) is 0. The molecule has 2 rings (SSSR count). The number of hydrogen-bond donors (Lipinski definition) is 1. The molecule has 1 aliphatic heterocycles. The summed E-state index contributed by atoms with van der Waals surface area (Å²) in [5.41, 5.74) is 1.04. The van der Waals surface area contributed by atoms with Crippen molar-refractivity contribution in [1.29, 1.82) is 0 Å². The lowest BCUT2D eigenvalue weighted by Gasteiger charge is -2.17. The summed E-state index contributed by atoms with van der Waals surface area (Å²) in [5.74, 6) is 0. The average molecular weight is 198 g/mol. The van der Waals surface area contributed by atoms with Gasteiger partial charge >= 0.3 is 0 Å². The van der Waals surface area contributed by atoms with Gasteiger partial charge in [-0.05, 0) is 36.8 Å². The van der Waals surface area contributed by atoms with E-state index in [-0.39, 0.29) is 6.10 Å². The van der Waals surface area contributed by atoms with Crippen molar-refractivity contribution in [2.24, 2.45) is 0 Å². The van der Waals surface area contributed by atoms with Crippen molar-refractivity contribution in [2.75, 3.05) is 6.61 Å². The number of thiophene rings is 1. The van der Waals surface area contributed by atoms with Crippen molar-refractivity contribution in [3.63, 3.8) is 0 Å². The number of aliphatic hydroxyl groups is 1. The smallest absolute Gasteiger partial charge is 0.106 e. The number of aliphatic hydroxyl groups excluding tert-OH is 1. The van der Waals surface area contributed by atoms with E-state index in [4.69, 9.17) is 4.74 Å². The van der Waals surface area contributed by atoms with Crippen LogP contribution in [0, 0.1) is 6.92 Å². The standard InChI is InChI=1S/C10H14O2S/c1-7-8(4-6-13-7)10(11)9-3-2-5-12-9/h4,6,9-11H,2-3,5H2,1H3. The summed E-state index contributed by atoms with van der Waals surface area (Å²) in [6.07, 6.45) is 1.66. The first-order valence-electron chi connectivity index (χ1n) is 4.62. The van der Waals surface area contributed by atoms with Gasteiger partial charge in [-0.25, -0.2) is 0 Å². The number of aryl methyl sites for hydroxylation is 1. The second kappa shape index (κ2) is 3.78.